The molecule has 0 aliphatic rings. The van der Waals surface area contributed by atoms with Crippen molar-refractivity contribution in [2.75, 3.05) is 0 Å². The lowest BCUT2D eigenvalue weighted by Crippen LogP contribution is -2.21. The zero-order chi connectivity index (χ0) is 9.97. The van der Waals surface area contributed by atoms with Crippen LogP contribution >= 0.6 is 0 Å². The number of nitrogens with zero attached hydrogens (tertiary/aromatic N) is 1. The quantitative estimate of drug-likeness (QED) is 0.669. The summed E-state index contributed by atoms with van der Waals surface area (Å²) in [6.07, 6.45) is 3.19. The number of H-pyrrole nitrogens is 2. The molecule has 2 N–H and O–H groups in total. The third-order valence-electron chi connectivity index (χ3n) is 1.73. The van der Waals surface area contributed by atoms with E-state index in [0.29, 0.717) is 11.3 Å². The summed E-state index contributed by atoms with van der Waals surface area (Å²) in [5.41, 5.74) is 0.228. The van der Waals surface area contributed by atoms with Crippen LogP contribution in [-0.2, 0) is 0 Å². The lowest BCUT2D eigenvalue weighted by atomic mass is 10.2. The summed E-state index contributed by atoms with van der Waals surface area (Å²) in [6.45, 7) is 0. The molecule has 5 nitrogen and oxygen atoms in total. The zero-order valence-electron chi connectivity index (χ0n) is 7.15. The third-order valence-corrected chi connectivity index (χ3v) is 1.73. The van der Waals surface area contributed by atoms with Gasteiger partial charge in [-0.2, -0.15) is 0 Å². The van der Waals surface area contributed by atoms with E-state index in [9.17, 15) is 9.59 Å². The predicted octanol–water partition coefficient (Wildman–Crippen LogP) is 0.125. The molecule has 0 radical (unpaired) electrons. The molecule has 2 aromatic rings. The Morgan fingerprint density at radius 2 is 2.07 bits per heavy atom. The minimum Gasteiger partial charge on any atom is -0.307 e. The van der Waals surface area contributed by atoms with Crippen LogP contribution in [0.3, 0.4) is 0 Å². The van der Waals surface area contributed by atoms with Gasteiger partial charge in [0.2, 0.25) is 0 Å². The highest BCUT2D eigenvalue weighted by atomic mass is 16.2. The van der Waals surface area contributed by atoms with Gasteiger partial charge in [-0.3, -0.25) is 14.8 Å². The van der Waals surface area contributed by atoms with E-state index in [4.69, 9.17) is 0 Å². The number of rotatable bonds is 1. The number of hydrogen-bond donors (Lipinski definition) is 2. The average molecular weight is 189 g/mol. The minimum absolute atomic E-state index is 0.424. The molecule has 0 saturated heterocycles. The molecule has 14 heavy (non-hydrogen) atoms. The third kappa shape index (κ3) is 1.61. The molecule has 0 saturated carbocycles. The Hall–Kier alpha value is -2.17. The van der Waals surface area contributed by atoms with E-state index in [1.165, 1.54) is 6.07 Å². The summed E-state index contributed by atoms with van der Waals surface area (Å²) in [5.74, 6) is 0. The Kier molecular flexibility index (Phi) is 1.98. The van der Waals surface area contributed by atoms with Crippen molar-refractivity contribution in [3.05, 3.63) is 51.4 Å². The highest BCUT2D eigenvalue weighted by Crippen LogP contribution is 2.10. The molecule has 0 aromatic carbocycles. The summed E-state index contributed by atoms with van der Waals surface area (Å²) in [7, 11) is 0. The first kappa shape index (κ1) is 8.43. The average Bonchev–Trinajstić information content (AvgIpc) is 2.18. The minimum atomic E-state index is -0.517. The van der Waals surface area contributed by atoms with Gasteiger partial charge in [0.15, 0.2) is 0 Å². The van der Waals surface area contributed by atoms with Crippen molar-refractivity contribution in [1.29, 1.82) is 0 Å². The SMILES string of the molecule is O=c1cc(-c2cccnc2)[nH]c(=O)[nH]1. The lowest BCUT2D eigenvalue weighted by Gasteiger charge is -1.97. The first-order valence-corrected chi connectivity index (χ1v) is 4.00. The number of hydrogen-bond acceptors (Lipinski definition) is 3. The van der Waals surface area contributed by atoms with E-state index in [2.05, 4.69) is 15.0 Å². The second kappa shape index (κ2) is 3.29. The van der Waals surface area contributed by atoms with Crippen LogP contribution in [0.4, 0.5) is 0 Å². The molecule has 0 unspecified atom stereocenters. The predicted molar refractivity (Wildman–Crippen MR) is 50.9 cm³/mol. The van der Waals surface area contributed by atoms with Crippen LogP contribution in [0.2, 0.25) is 0 Å². The first-order valence-electron chi connectivity index (χ1n) is 4.00. The Labute approximate surface area is 78.5 Å². The molecule has 0 aliphatic heterocycles. The second-order valence-electron chi connectivity index (χ2n) is 2.74. The van der Waals surface area contributed by atoms with Crippen molar-refractivity contribution in [3.63, 3.8) is 0 Å². The summed E-state index contributed by atoms with van der Waals surface area (Å²) >= 11 is 0. The zero-order valence-corrected chi connectivity index (χ0v) is 7.15. The highest BCUT2D eigenvalue weighted by molar-refractivity contribution is 5.56. The number of pyridine rings is 1. The molecule has 5 heteroatoms. The lowest BCUT2D eigenvalue weighted by molar-refractivity contribution is 1.04. The molecule has 2 heterocycles. The van der Waals surface area contributed by atoms with Crippen molar-refractivity contribution < 1.29 is 0 Å². The van der Waals surface area contributed by atoms with E-state index in [1.54, 1.807) is 24.5 Å². The molecule has 70 valence electrons. The maximum atomic E-state index is 11.0. The fraction of sp³-hybridized carbons (Fsp3) is 0. The summed E-state index contributed by atoms with van der Waals surface area (Å²) in [5, 5.41) is 0. The molecule has 0 aliphatic carbocycles. The van der Waals surface area contributed by atoms with E-state index >= 15 is 0 Å². The maximum Gasteiger partial charge on any atom is 0.326 e. The van der Waals surface area contributed by atoms with Gasteiger partial charge in [-0.15, -0.1) is 0 Å². The van der Waals surface area contributed by atoms with Gasteiger partial charge in [0, 0.05) is 24.0 Å². The summed E-state index contributed by atoms with van der Waals surface area (Å²) in [4.78, 5) is 30.4. The largest absolute Gasteiger partial charge is 0.326 e. The van der Waals surface area contributed by atoms with Gasteiger partial charge in [0.05, 0.1) is 5.69 Å². The van der Waals surface area contributed by atoms with Crippen LogP contribution in [0.15, 0.2) is 40.2 Å². The van der Waals surface area contributed by atoms with E-state index in [1.807, 2.05) is 0 Å². The molecule has 0 atom stereocenters. The van der Waals surface area contributed by atoms with Crippen LogP contribution in [0.1, 0.15) is 0 Å². The van der Waals surface area contributed by atoms with Crippen LogP contribution in [0.25, 0.3) is 11.3 Å². The molecular weight excluding hydrogens is 182 g/mol. The summed E-state index contributed by atoms with van der Waals surface area (Å²) in [6, 6.07) is 4.81. The van der Waals surface area contributed by atoms with Gasteiger partial charge in [-0.05, 0) is 12.1 Å². The fourth-order valence-corrected chi connectivity index (χ4v) is 1.15. The van der Waals surface area contributed by atoms with E-state index < -0.39 is 11.2 Å². The number of nitrogens with one attached hydrogen (secondary N) is 2. The van der Waals surface area contributed by atoms with Gasteiger partial charge < -0.3 is 4.98 Å². The van der Waals surface area contributed by atoms with Crippen molar-refractivity contribution >= 4 is 0 Å². The molecular formula is C9H7N3O2. The van der Waals surface area contributed by atoms with Crippen molar-refractivity contribution in [2.45, 2.75) is 0 Å². The molecule has 2 rings (SSSR count). The topological polar surface area (TPSA) is 78.6 Å². The first-order chi connectivity index (χ1) is 6.75. The van der Waals surface area contributed by atoms with Gasteiger partial charge >= 0.3 is 5.69 Å². The second-order valence-corrected chi connectivity index (χ2v) is 2.74. The van der Waals surface area contributed by atoms with Crippen molar-refractivity contribution in [2.24, 2.45) is 0 Å². The van der Waals surface area contributed by atoms with Crippen LogP contribution in [0.5, 0.6) is 0 Å². The highest BCUT2D eigenvalue weighted by Gasteiger charge is 1.98. The maximum absolute atomic E-state index is 11.0. The molecule has 0 fully saturated rings. The molecule has 0 spiro atoms. The van der Waals surface area contributed by atoms with Gasteiger partial charge in [-0.25, -0.2) is 4.79 Å². The number of aromatic amines is 2. The van der Waals surface area contributed by atoms with Gasteiger partial charge in [0.1, 0.15) is 0 Å². The van der Waals surface area contributed by atoms with Crippen molar-refractivity contribution in [1.82, 2.24) is 15.0 Å². The Morgan fingerprint density at radius 1 is 1.21 bits per heavy atom. The van der Waals surface area contributed by atoms with Crippen LogP contribution in [-0.4, -0.2) is 15.0 Å². The molecule has 2 aromatic heterocycles. The Bertz CT molecular complexity index is 513. The van der Waals surface area contributed by atoms with E-state index in [0.717, 1.165) is 0 Å². The monoisotopic (exact) mass is 189 g/mol. The Morgan fingerprint density at radius 3 is 2.71 bits per heavy atom. The molecule has 0 amide bonds. The smallest absolute Gasteiger partial charge is 0.307 e. The number of aromatic nitrogens is 3. The van der Waals surface area contributed by atoms with Crippen LogP contribution < -0.4 is 11.2 Å². The van der Waals surface area contributed by atoms with Gasteiger partial charge in [-0.1, -0.05) is 0 Å². The van der Waals surface area contributed by atoms with E-state index in [-0.39, 0.29) is 0 Å². The Balaban J connectivity index is 2.64. The normalized spacial score (nSPS) is 10.0. The molecule has 0 bridgehead atoms. The van der Waals surface area contributed by atoms with Crippen molar-refractivity contribution in [3.8, 4) is 11.3 Å². The summed E-state index contributed by atoms with van der Waals surface area (Å²) < 4.78 is 0. The standard InChI is InChI=1S/C9H7N3O2/c13-8-4-7(11-9(14)12-8)6-2-1-3-10-5-6/h1-5H,(H2,11,12,13,14). The fourth-order valence-electron chi connectivity index (χ4n) is 1.15. The van der Waals surface area contributed by atoms with Crippen LogP contribution in [0, 0.1) is 0 Å². The van der Waals surface area contributed by atoms with Gasteiger partial charge in [0.25, 0.3) is 5.56 Å².